The molecule has 2 aromatic rings. The average molecular weight is 228 g/mol. The van der Waals surface area contributed by atoms with Gasteiger partial charge in [-0.25, -0.2) is 0 Å². The first-order valence-electron chi connectivity index (χ1n) is 5.54. The van der Waals surface area contributed by atoms with Gasteiger partial charge in [-0.2, -0.15) is 0 Å². The van der Waals surface area contributed by atoms with Crippen LogP contribution in [0, 0.1) is 6.92 Å². The Hall–Kier alpha value is -1.96. The van der Waals surface area contributed by atoms with Crippen LogP contribution in [0.2, 0.25) is 0 Å². The molecular formula is C15H16O2. The van der Waals surface area contributed by atoms with Gasteiger partial charge in [-0.15, -0.1) is 0 Å². The lowest BCUT2D eigenvalue weighted by molar-refractivity contribution is 0.395. The third-order valence-electron chi connectivity index (χ3n) is 2.79. The van der Waals surface area contributed by atoms with Crippen LogP contribution < -0.4 is 9.47 Å². The molecule has 0 unspecified atom stereocenters. The van der Waals surface area contributed by atoms with Crippen molar-refractivity contribution in [1.29, 1.82) is 0 Å². The SMILES string of the molecule is COc1cc(C)c(-c2ccccc2)c(OC)c1. The molecule has 2 aromatic carbocycles. The number of aryl methyl sites for hydroxylation is 1. The maximum Gasteiger partial charge on any atom is 0.130 e. The summed E-state index contributed by atoms with van der Waals surface area (Å²) in [6.07, 6.45) is 0. The Labute approximate surface area is 102 Å². The van der Waals surface area contributed by atoms with Gasteiger partial charge in [0.15, 0.2) is 0 Å². The van der Waals surface area contributed by atoms with Crippen LogP contribution in [0.3, 0.4) is 0 Å². The van der Waals surface area contributed by atoms with Gasteiger partial charge in [0.05, 0.1) is 14.2 Å². The number of hydrogen-bond donors (Lipinski definition) is 0. The van der Waals surface area contributed by atoms with E-state index in [1.807, 2.05) is 30.3 Å². The van der Waals surface area contributed by atoms with Crippen molar-refractivity contribution in [1.82, 2.24) is 0 Å². The summed E-state index contributed by atoms with van der Waals surface area (Å²) in [4.78, 5) is 0. The second-order valence-corrected chi connectivity index (χ2v) is 3.89. The Morgan fingerprint density at radius 3 is 2.18 bits per heavy atom. The molecule has 0 spiro atoms. The minimum absolute atomic E-state index is 0.819. The van der Waals surface area contributed by atoms with Gasteiger partial charge < -0.3 is 9.47 Å². The third-order valence-corrected chi connectivity index (χ3v) is 2.79. The van der Waals surface area contributed by atoms with E-state index in [-0.39, 0.29) is 0 Å². The van der Waals surface area contributed by atoms with Gasteiger partial charge in [-0.1, -0.05) is 30.3 Å². The molecule has 0 radical (unpaired) electrons. The van der Waals surface area contributed by atoms with E-state index in [9.17, 15) is 0 Å². The predicted molar refractivity (Wildman–Crippen MR) is 69.7 cm³/mol. The van der Waals surface area contributed by atoms with Crippen LogP contribution in [0.5, 0.6) is 11.5 Å². The van der Waals surface area contributed by atoms with Gasteiger partial charge >= 0.3 is 0 Å². The molecule has 2 nitrogen and oxygen atoms in total. The average Bonchev–Trinajstić information content (AvgIpc) is 2.38. The molecule has 0 saturated carbocycles. The third kappa shape index (κ3) is 2.26. The maximum absolute atomic E-state index is 5.44. The zero-order valence-electron chi connectivity index (χ0n) is 10.4. The zero-order valence-corrected chi connectivity index (χ0v) is 10.4. The standard InChI is InChI=1S/C15H16O2/c1-11-9-13(16-2)10-14(17-3)15(11)12-7-5-4-6-8-12/h4-10H,1-3H3. The van der Waals surface area contributed by atoms with E-state index < -0.39 is 0 Å². The smallest absolute Gasteiger partial charge is 0.130 e. The Balaban J connectivity index is 2.61. The van der Waals surface area contributed by atoms with Gasteiger partial charge in [-0.05, 0) is 24.1 Å². The van der Waals surface area contributed by atoms with Crippen LogP contribution in [0.1, 0.15) is 5.56 Å². The van der Waals surface area contributed by atoms with Crippen LogP contribution in [0.15, 0.2) is 42.5 Å². The highest BCUT2D eigenvalue weighted by molar-refractivity contribution is 5.75. The van der Waals surface area contributed by atoms with E-state index in [4.69, 9.17) is 9.47 Å². The van der Waals surface area contributed by atoms with Gasteiger partial charge in [0.2, 0.25) is 0 Å². The lowest BCUT2D eigenvalue weighted by atomic mass is 9.99. The lowest BCUT2D eigenvalue weighted by Crippen LogP contribution is -1.93. The maximum atomic E-state index is 5.44. The Morgan fingerprint density at radius 1 is 0.882 bits per heavy atom. The van der Waals surface area contributed by atoms with E-state index in [1.54, 1.807) is 14.2 Å². The summed E-state index contributed by atoms with van der Waals surface area (Å²) in [5.41, 5.74) is 3.42. The molecule has 0 saturated heterocycles. The molecule has 0 N–H and O–H groups in total. The van der Waals surface area contributed by atoms with Crippen LogP contribution in [0.25, 0.3) is 11.1 Å². The molecule has 0 aromatic heterocycles. The number of methoxy groups -OCH3 is 2. The summed E-state index contributed by atoms with van der Waals surface area (Å²) in [7, 11) is 3.34. The predicted octanol–water partition coefficient (Wildman–Crippen LogP) is 3.68. The van der Waals surface area contributed by atoms with Crippen LogP contribution >= 0.6 is 0 Å². The topological polar surface area (TPSA) is 18.5 Å². The Kier molecular flexibility index (Phi) is 3.33. The fraction of sp³-hybridized carbons (Fsp3) is 0.200. The monoisotopic (exact) mass is 228 g/mol. The van der Waals surface area contributed by atoms with Gasteiger partial charge in [0.1, 0.15) is 11.5 Å². The van der Waals surface area contributed by atoms with E-state index in [2.05, 4.69) is 19.1 Å². The summed E-state index contributed by atoms with van der Waals surface area (Å²) < 4.78 is 10.7. The second-order valence-electron chi connectivity index (χ2n) is 3.89. The second kappa shape index (κ2) is 4.91. The van der Waals surface area contributed by atoms with E-state index in [0.29, 0.717) is 0 Å². The Morgan fingerprint density at radius 2 is 1.59 bits per heavy atom. The van der Waals surface area contributed by atoms with E-state index in [1.165, 1.54) is 0 Å². The quantitative estimate of drug-likeness (QED) is 0.797. The molecule has 0 bridgehead atoms. The minimum Gasteiger partial charge on any atom is -0.497 e. The molecule has 0 aliphatic carbocycles. The molecule has 0 aliphatic heterocycles. The number of rotatable bonds is 3. The minimum atomic E-state index is 0.819. The largest absolute Gasteiger partial charge is 0.497 e. The van der Waals surface area contributed by atoms with Crippen molar-refractivity contribution in [2.45, 2.75) is 6.92 Å². The number of ether oxygens (including phenoxy) is 2. The molecule has 2 rings (SSSR count). The summed E-state index contributed by atoms with van der Waals surface area (Å²) in [6, 6.07) is 14.2. The van der Waals surface area contributed by atoms with Crippen molar-refractivity contribution < 1.29 is 9.47 Å². The molecule has 0 heterocycles. The Bertz CT molecular complexity index is 504. The highest BCUT2D eigenvalue weighted by Gasteiger charge is 2.10. The molecular weight excluding hydrogens is 212 g/mol. The molecule has 88 valence electrons. The lowest BCUT2D eigenvalue weighted by Gasteiger charge is -2.13. The molecule has 0 aliphatic rings. The number of hydrogen-bond acceptors (Lipinski definition) is 2. The fourth-order valence-electron chi connectivity index (χ4n) is 1.98. The summed E-state index contributed by atoms with van der Waals surface area (Å²) >= 11 is 0. The van der Waals surface area contributed by atoms with E-state index >= 15 is 0 Å². The molecule has 2 heteroatoms. The molecule has 0 atom stereocenters. The molecule has 17 heavy (non-hydrogen) atoms. The van der Waals surface area contributed by atoms with Crippen molar-refractivity contribution in [3.63, 3.8) is 0 Å². The molecule has 0 amide bonds. The van der Waals surface area contributed by atoms with Gasteiger partial charge in [-0.3, -0.25) is 0 Å². The highest BCUT2D eigenvalue weighted by Crippen LogP contribution is 2.36. The van der Waals surface area contributed by atoms with Crippen molar-refractivity contribution in [2.75, 3.05) is 14.2 Å². The summed E-state index contributed by atoms with van der Waals surface area (Å²) in [5.74, 6) is 1.66. The first kappa shape index (κ1) is 11.5. The fourth-order valence-corrected chi connectivity index (χ4v) is 1.98. The van der Waals surface area contributed by atoms with Crippen molar-refractivity contribution >= 4 is 0 Å². The van der Waals surface area contributed by atoms with Crippen molar-refractivity contribution in [3.05, 3.63) is 48.0 Å². The summed E-state index contributed by atoms with van der Waals surface area (Å²) in [6.45, 7) is 2.06. The number of benzene rings is 2. The first-order chi connectivity index (χ1) is 8.26. The highest BCUT2D eigenvalue weighted by atomic mass is 16.5. The summed E-state index contributed by atoms with van der Waals surface area (Å²) in [5, 5.41) is 0. The van der Waals surface area contributed by atoms with Crippen molar-refractivity contribution in [3.8, 4) is 22.6 Å². The van der Waals surface area contributed by atoms with Crippen LogP contribution in [-0.4, -0.2) is 14.2 Å². The van der Waals surface area contributed by atoms with Gasteiger partial charge in [0.25, 0.3) is 0 Å². The van der Waals surface area contributed by atoms with Gasteiger partial charge in [0, 0.05) is 11.6 Å². The van der Waals surface area contributed by atoms with E-state index in [0.717, 1.165) is 28.2 Å². The normalized spacial score (nSPS) is 10.1. The molecule has 0 fully saturated rings. The van der Waals surface area contributed by atoms with Crippen LogP contribution in [-0.2, 0) is 0 Å². The van der Waals surface area contributed by atoms with Crippen molar-refractivity contribution in [2.24, 2.45) is 0 Å². The van der Waals surface area contributed by atoms with Crippen LogP contribution in [0.4, 0.5) is 0 Å². The first-order valence-corrected chi connectivity index (χ1v) is 5.54. The zero-order chi connectivity index (χ0) is 12.3.